The Morgan fingerprint density at radius 2 is 1.55 bits per heavy atom. The summed E-state index contributed by atoms with van der Waals surface area (Å²) in [5.74, 6) is 0. The zero-order valence-corrected chi connectivity index (χ0v) is 13.5. The van der Waals surface area contributed by atoms with Gasteiger partial charge in [-0.25, -0.2) is 0 Å². The van der Waals surface area contributed by atoms with Crippen LogP contribution in [0.25, 0.3) is 0 Å². The summed E-state index contributed by atoms with van der Waals surface area (Å²) < 4.78 is 0. The minimum absolute atomic E-state index is 1.02. The van der Waals surface area contributed by atoms with Crippen molar-refractivity contribution in [1.29, 1.82) is 0 Å². The molecule has 0 radical (unpaired) electrons. The Morgan fingerprint density at radius 3 is 2.27 bits per heavy atom. The first-order valence-corrected chi connectivity index (χ1v) is 8.45. The second-order valence-corrected chi connectivity index (χ2v) is 6.15. The van der Waals surface area contributed by atoms with Crippen molar-refractivity contribution in [1.82, 2.24) is 4.90 Å². The van der Waals surface area contributed by atoms with Crippen molar-refractivity contribution in [3.8, 4) is 0 Å². The topological polar surface area (TPSA) is 6.48 Å². The van der Waals surface area contributed by atoms with E-state index in [9.17, 15) is 0 Å². The lowest BCUT2D eigenvalue weighted by Crippen LogP contribution is -2.23. The molecular formula is C20H26N2. The van der Waals surface area contributed by atoms with Gasteiger partial charge in [0.15, 0.2) is 0 Å². The van der Waals surface area contributed by atoms with E-state index in [1.54, 1.807) is 0 Å². The molecule has 2 aromatic carbocycles. The van der Waals surface area contributed by atoms with Gasteiger partial charge in [0.05, 0.1) is 0 Å². The predicted molar refractivity (Wildman–Crippen MR) is 94.1 cm³/mol. The first-order valence-electron chi connectivity index (χ1n) is 8.45. The maximum Gasteiger partial charge on any atom is 0.0369 e. The van der Waals surface area contributed by atoms with Gasteiger partial charge in [0.25, 0.3) is 0 Å². The fourth-order valence-corrected chi connectivity index (χ4v) is 3.21. The summed E-state index contributed by atoms with van der Waals surface area (Å²) in [5, 5.41) is 0. The van der Waals surface area contributed by atoms with Gasteiger partial charge in [-0.3, -0.25) is 4.90 Å². The monoisotopic (exact) mass is 294 g/mol. The standard InChI is InChI=1S/C20H26N2/c1-2-21(16-18-9-4-3-5-10-18)17-19-11-8-12-20(15-19)22-13-6-7-14-22/h3-5,8-12,15H,2,6-7,13-14,16-17H2,1H3. The quantitative estimate of drug-likeness (QED) is 0.783. The second kappa shape index (κ2) is 7.46. The molecule has 2 heteroatoms. The summed E-state index contributed by atoms with van der Waals surface area (Å²) in [6.45, 7) is 7.78. The summed E-state index contributed by atoms with van der Waals surface area (Å²) in [4.78, 5) is 5.01. The number of benzene rings is 2. The van der Waals surface area contributed by atoms with E-state index in [0.717, 1.165) is 19.6 Å². The molecule has 0 N–H and O–H groups in total. The van der Waals surface area contributed by atoms with Crippen LogP contribution in [-0.4, -0.2) is 24.5 Å². The van der Waals surface area contributed by atoms with E-state index in [0.29, 0.717) is 0 Å². The van der Waals surface area contributed by atoms with Crippen LogP contribution in [0.1, 0.15) is 30.9 Å². The molecule has 0 atom stereocenters. The van der Waals surface area contributed by atoms with Crippen LogP contribution in [0.5, 0.6) is 0 Å². The maximum atomic E-state index is 2.51. The van der Waals surface area contributed by atoms with E-state index in [4.69, 9.17) is 0 Å². The van der Waals surface area contributed by atoms with Crippen molar-refractivity contribution >= 4 is 5.69 Å². The molecule has 0 unspecified atom stereocenters. The smallest absolute Gasteiger partial charge is 0.0369 e. The van der Waals surface area contributed by atoms with Gasteiger partial charge in [0, 0.05) is 31.9 Å². The van der Waals surface area contributed by atoms with E-state index in [2.05, 4.69) is 71.3 Å². The van der Waals surface area contributed by atoms with Crippen LogP contribution < -0.4 is 4.90 Å². The molecule has 1 saturated heterocycles. The summed E-state index contributed by atoms with van der Waals surface area (Å²) in [5.41, 5.74) is 4.20. The van der Waals surface area contributed by atoms with Crippen LogP contribution in [0.3, 0.4) is 0 Å². The molecule has 1 heterocycles. The van der Waals surface area contributed by atoms with Gasteiger partial charge >= 0.3 is 0 Å². The number of hydrogen-bond donors (Lipinski definition) is 0. The van der Waals surface area contributed by atoms with Gasteiger partial charge in [-0.15, -0.1) is 0 Å². The Morgan fingerprint density at radius 1 is 0.864 bits per heavy atom. The van der Waals surface area contributed by atoms with Crippen LogP contribution in [0, 0.1) is 0 Å². The van der Waals surface area contributed by atoms with Crippen LogP contribution in [-0.2, 0) is 13.1 Å². The Hall–Kier alpha value is -1.80. The molecule has 0 bridgehead atoms. The molecule has 0 saturated carbocycles. The third-order valence-electron chi connectivity index (χ3n) is 4.48. The number of anilines is 1. The van der Waals surface area contributed by atoms with Crippen LogP contribution >= 0.6 is 0 Å². The molecule has 1 aliphatic rings. The number of hydrogen-bond acceptors (Lipinski definition) is 2. The van der Waals surface area contributed by atoms with Gasteiger partial charge in [-0.05, 0) is 42.6 Å². The van der Waals surface area contributed by atoms with E-state index >= 15 is 0 Å². The van der Waals surface area contributed by atoms with E-state index in [-0.39, 0.29) is 0 Å². The number of rotatable bonds is 6. The Kier molecular flexibility index (Phi) is 5.12. The maximum absolute atomic E-state index is 2.51. The van der Waals surface area contributed by atoms with Crippen molar-refractivity contribution in [2.24, 2.45) is 0 Å². The second-order valence-electron chi connectivity index (χ2n) is 6.15. The van der Waals surface area contributed by atoms with E-state index < -0.39 is 0 Å². The lowest BCUT2D eigenvalue weighted by Gasteiger charge is -2.23. The van der Waals surface area contributed by atoms with Crippen LogP contribution in [0.4, 0.5) is 5.69 Å². The van der Waals surface area contributed by atoms with Gasteiger partial charge in [0.1, 0.15) is 0 Å². The van der Waals surface area contributed by atoms with Crippen LogP contribution in [0.2, 0.25) is 0 Å². The van der Waals surface area contributed by atoms with Crippen molar-refractivity contribution in [3.05, 3.63) is 65.7 Å². The zero-order valence-electron chi connectivity index (χ0n) is 13.5. The van der Waals surface area contributed by atoms with Crippen molar-refractivity contribution in [3.63, 3.8) is 0 Å². The Balaban J connectivity index is 1.66. The first kappa shape index (κ1) is 15.1. The summed E-state index contributed by atoms with van der Waals surface area (Å²) in [6.07, 6.45) is 2.67. The summed E-state index contributed by atoms with van der Waals surface area (Å²) in [6, 6.07) is 19.8. The lowest BCUT2D eigenvalue weighted by atomic mass is 10.1. The fraction of sp³-hybridized carbons (Fsp3) is 0.400. The third kappa shape index (κ3) is 3.89. The molecule has 2 aromatic rings. The molecule has 1 aliphatic heterocycles. The molecule has 0 spiro atoms. The molecule has 2 nitrogen and oxygen atoms in total. The predicted octanol–water partition coefficient (Wildman–Crippen LogP) is 4.31. The summed E-state index contributed by atoms with van der Waals surface area (Å²) in [7, 11) is 0. The highest BCUT2D eigenvalue weighted by molar-refractivity contribution is 5.49. The van der Waals surface area contributed by atoms with Crippen LogP contribution in [0.15, 0.2) is 54.6 Å². The van der Waals surface area contributed by atoms with Gasteiger partial charge in [-0.2, -0.15) is 0 Å². The Labute approximate surface area is 134 Å². The molecular weight excluding hydrogens is 268 g/mol. The van der Waals surface area contributed by atoms with Gasteiger partial charge in [-0.1, -0.05) is 49.4 Å². The molecule has 22 heavy (non-hydrogen) atoms. The molecule has 0 aromatic heterocycles. The van der Waals surface area contributed by atoms with E-state index in [1.165, 1.54) is 42.7 Å². The molecule has 116 valence electrons. The van der Waals surface area contributed by atoms with Crippen molar-refractivity contribution in [2.45, 2.75) is 32.9 Å². The highest BCUT2D eigenvalue weighted by atomic mass is 15.1. The normalized spacial score (nSPS) is 14.7. The molecule has 1 fully saturated rings. The highest BCUT2D eigenvalue weighted by Crippen LogP contribution is 2.22. The minimum Gasteiger partial charge on any atom is -0.372 e. The number of nitrogens with zero attached hydrogens (tertiary/aromatic N) is 2. The largest absolute Gasteiger partial charge is 0.372 e. The van der Waals surface area contributed by atoms with Gasteiger partial charge in [0.2, 0.25) is 0 Å². The highest BCUT2D eigenvalue weighted by Gasteiger charge is 2.13. The average Bonchev–Trinajstić information content (AvgIpc) is 3.10. The zero-order chi connectivity index (χ0) is 15.2. The Bertz CT molecular complexity index is 573. The average molecular weight is 294 g/mol. The van der Waals surface area contributed by atoms with Gasteiger partial charge < -0.3 is 4.90 Å². The summed E-state index contributed by atoms with van der Waals surface area (Å²) >= 11 is 0. The third-order valence-corrected chi connectivity index (χ3v) is 4.48. The molecule has 3 rings (SSSR count). The van der Waals surface area contributed by atoms with Crippen molar-refractivity contribution < 1.29 is 0 Å². The SMILES string of the molecule is CCN(Cc1ccccc1)Cc1cccc(N2CCCC2)c1. The lowest BCUT2D eigenvalue weighted by molar-refractivity contribution is 0.271. The minimum atomic E-state index is 1.02. The first-order chi connectivity index (χ1) is 10.8. The van der Waals surface area contributed by atoms with E-state index in [1.807, 2.05) is 0 Å². The van der Waals surface area contributed by atoms with Crippen molar-refractivity contribution in [2.75, 3.05) is 24.5 Å². The molecule has 0 amide bonds. The fourth-order valence-electron chi connectivity index (χ4n) is 3.21. The molecule has 0 aliphatic carbocycles.